The average Bonchev–Trinajstić information content (AvgIpc) is 3.17. The van der Waals surface area contributed by atoms with Crippen LogP contribution in [0.3, 0.4) is 0 Å². The van der Waals surface area contributed by atoms with Crippen molar-refractivity contribution < 1.29 is 38.7 Å². The lowest BCUT2D eigenvalue weighted by molar-refractivity contribution is -0.235. The third-order valence-electron chi connectivity index (χ3n) is 6.02. The van der Waals surface area contributed by atoms with Crippen LogP contribution in [-0.2, 0) is 28.5 Å². The summed E-state index contributed by atoms with van der Waals surface area (Å²) in [6, 6.07) is 1.06. The van der Waals surface area contributed by atoms with Gasteiger partial charge in [-0.25, -0.2) is 4.79 Å². The number of nitrogens with zero attached hydrogens (tertiary/aromatic N) is 1. The van der Waals surface area contributed by atoms with Crippen molar-refractivity contribution in [2.24, 2.45) is 11.7 Å². The topological polar surface area (TPSA) is 204 Å². The summed E-state index contributed by atoms with van der Waals surface area (Å²) in [5.74, 6) is -1.36. The van der Waals surface area contributed by atoms with E-state index in [1.165, 1.54) is 13.2 Å². The lowest BCUT2D eigenvalue weighted by atomic mass is 10.00. The highest BCUT2D eigenvalue weighted by Gasteiger charge is 2.52. The Labute approximate surface area is 216 Å². The molecule has 15 heteroatoms. The van der Waals surface area contributed by atoms with Crippen LogP contribution in [0.1, 0.15) is 19.6 Å². The van der Waals surface area contributed by atoms with Crippen LogP contribution in [0.5, 0.6) is 0 Å². The molecular weight excluding hydrogens is 512 g/mol. The van der Waals surface area contributed by atoms with E-state index in [4.69, 9.17) is 24.7 Å². The van der Waals surface area contributed by atoms with Crippen LogP contribution >= 0.6 is 11.8 Å². The van der Waals surface area contributed by atoms with Gasteiger partial charge in [0.05, 0.1) is 0 Å². The molecule has 6 N–H and O–H groups in total. The van der Waals surface area contributed by atoms with Gasteiger partial charge < -0.3 is 40.2 Å². The Kier molecular flexibility index (Phi) is 9.92. The molecule has 2 aliphatic heterocycles. The lowest BCUT2D eigenvalue weighted by Crippen LogP contribution is -2.53. The Balaban J connectivity index is 1.79. The van der Waals surface area contributed by atoms with Crippen LogP contribution in [-0.4, -0.2) is 94.1 Å². The van der Waals surface area contributed by atoms with Crippen molar-refractivity contribution in [3.05, 3.63) is 44.9 Å². The first-order chi connectivity index (χ1) is 17.6. The zero-order valence-corrected chi connectivity index (χ0v) is 21.4. The SMILES string of the molecule is CO[C@H]1[C@@H](O)[C@H](n2ccc(=O)[nH]c2=O)O[C@@H]1[C@@H](O[C@H]1OC(C(=O)NCCCSC)=C[C@H](C)[C@@H]1O)C(N)=O. The number of carbonyl (C=O) groups is 2. The van der Waals surface area contributed by atoms with Gasteiger partial charge >= 0.3 is 5.69 Å². The predicted molar refractivity (Wildman–Crippen MR) is 130 cm³/mol. The molecule has 1 aromatic heterocycles. The molecule has 2 amide bonds. The van der Waals surface area contributed by atoms with E-state index in [1.807, 2.05) is 11.2 Å². The summed E-state index contributed by atoms with van der Waals surface area (Å²) in [5.41, 5.74) is 4.06. The number of thioether (sulfide) groups is 1. The maximum absolute atomic E-state index is 12.6. The summed E-state index contributed by atoms with van der Waals surface area (Å²) in [6.45, 7) is 2.05. The van der Waals surface area contributed by atoms with Crippen molar-refractivity contribution in [1.82, 2.24) is 14.9 Å². The molecule has 0 aliphatic carbocycles. The molecule has 0 bridgehead atoms. The normalized spacial score (nSPS) is 30.3. The molecule has 3 rings (SSSR count). The van der Waals surface area contributed by atoms with E-state index in [2.05, 4.69) is 5.32 Å². The van der Waals surface area contributed by atoms with Gasteiger partial charge in [-0.1, -0.05) is 6.92 Å². The molecule has 1 saturated heterocycles. The van der Waals surface area contributed by atoms with Crippen molar-refractivity contribution in [3.8, 4) is 0 Å². The fourth-order valence-electron chi connectivity index (χ4n) is 4.06. The van der Waals surface area contributed by atoms with E-state index in [-0.39, 0.29) is 5.76 Å². The van der Waals surface area contributed by atoms with E-state index in [0.717, 1.165) is 29.0 Å². The molecule has 8 atom stereocenters. The molecule has 37 heavy (non-hydrogen) atoms. The Hall–Kier alpha value is -2.69. The highest BCUT2D eigenvalue weighted by Crippen LogP contribution is 2.34. The van der Waals surface area contributed by atoms with E-state index < -0.39 is 72.0 Å². The standard InChI is InChI=1S/C22H32N4O10S/c1-10-9-11(19(31)24-6-4-8-37-3)34-21(13(10)28)36-17(18(23)30)16-15(33-2)14(29)20(35-16)26-7-5-12(27)25-22(26)32/h5,7,9-10,13-17,20-21,28-29H,4,6,8H2,1-3H3,(H2,23,30)(H,24,31)(H,25,27,32)/t10-,13-,14+,15-,16-,17+,20+,21+/m0/s1. The van der Waals surface area contributed by atoms with Crippen LogP contribution < -0.4 is 22.3 Å². The van der Waals surface area contributed by atoms with Gasteiger partial charge in [0.2, 0.25) is 12.2 Å². The number of aromatic nitrogens is 2. The molecule has 0 saturated carbocycles. The Morgan fingerprint density at radius 1 is 1.32 bits per heavy atom. The second-order valence-electron chi connectivity index (χ2n) is 8.63. The lowest BCUT2D eigenvalue weighted by Gasteiger charge is -2.35. The second-order valence-corrected chi connectivity index (χ2v) is 9.61. The molecule has 0 radical (unpaired) electrons. The molecule has 0 unspecified atom stereocenters. The Bertz CT molecular complexity index is 1110. The van der Waals surface area contributed by atoms with E-state index in [1.54, 1.807) is 18.7 Å². The van der Waals surface area contributed by atoms with Crippen LogP contribution in [0, 0.1) is 5.92 Å². The first-order valence-corrected chi connectivity index (χ1v) is 12.9. The van der Waals surface area contributed by atoms with Crippen molar-refractivity contribution in [2.75, 3.05) is 25.7 Å². The molecule has 0 aromatic carbocycles. The zero-order valence-electron chi connectivity index (χ0n) is 20.6. The van der Waals surface area contributed by atoms with Crippen LogP contribution in [0.25, 0.3) is 0 Å². The first-order valence-electron chi connectivity index (χ1n) is 11.5. The molecule has 14 nitrogen and oxygen atoms in total. The number of aromatic amines is 1. The third kappa shape index (κ3) is 6.61. The zero-order chi connectivity index (χ0) is 27.3. The van der Waals surface area contributed by atoms with E-state index in [9.17, 15) is 29.4 Å². The number of H-pyrrole nitrogens is 1. The van der Waals surface area contributed by atoms with Gasteiger partial charge in [-0.2, -0.15) is 11.8 Å². The van der Waals surface area contributed by atoms with Crippen molar-refractivity contribution in [3.63, 3.8) is 0 Å². The van der Waals surface area contributed by atoms with E-state index >= 15 is 0 Å². The van der Waals surface area contributed by atoms with Gasteiger partial charge in [-0.3, -0.25) is 23.9 Å². The molecule has 3 heterocycles. The summed E-state index contributed by atoms with van der Waals surface area (Å²) in [6.07, 6.45) is -4.49. The number of hydrogen-bond donors (Lipinski definition) is 5. The second kappa shape index (κ2) is 12.7. The highest BCUT2D eigenvalue weighted by atomic mass is 32.2. The van der Waals surface area contributed by atoms with Crippen molar-refractivity contribution in [1.29, 1.82) is 0 Å². The summed E-state index contributed by atoms with van der Waals surface area (Å²) >= 11 is 1.65. The number of nitrogens with two attached hydrogens (primary N) is 1. The van der Waals surface area contributed by atoms with Gasteiger partial charge in [0, 0.05) is 31.8 Å². The van der Waals surface area contributed by atoms with Crippen LogP contribution in [0.2, 0.25) is 0 Å². The molecule has 206 valence electrons. The number of primary amides is 1. The third-order valence-corrected chi connectivity index (χ3v) is 6.71. The first kappa shape index (κ1) is 28.9. The molecule has 2 aliphatic rings. The Morgan fingerprint density at radius 2 is 2.05 bits per heavy atom. The van der Waals surface area contributed by atoms with E-state index in [0.29, 0.717) is 6.54 Å². The maximum Gasteiger partial charge on any atom is 0.330 e. The quantitative estimate of drug-likeness (QED) is 0.189. The predicted octanol–water partition coefficient (Wildman–Crippen LogP) is -2.21. The summed E-state index contributed by atoms with van der Waals surface area (Å²) in [7, 11) is 1.25. The Morgan fingerprint density at radius 3 is 2.68 bits per heavy atom. The van der Waals surface area contributed by atoms with Gasteiger partial charge in [0.25, 0.3) is 11.5 Å². The number of methoxy groups -OCH3 is 1. The average molecular weight is 545 g/mol. The highest BCUT2D eigenvalue weighted by molar-refractivity contribution is 7.98. The number of amides is 2. The van der Waals surface area contributed by atoms with Crippen LogP contribution in [0.4, 0.5) is 0 Å². The fraction of sp³-hybridized carbons (Fsp3) is 0.636. The smallest absolute Gasteiger partial charge is 0.330 e. The number of nitrogens with one attached hydrogen (secondary N) is 2. The minimum atomic E-state index is -1.63. The van der Waals surface area contributed by atoms with Crippen molar-refractivity contribution >= 4 is 23.6 Å². The molecule has 1 aromatic rings. The molecule has 0 spiro atoms. The maximum atomic E-state index is 12.6. The number of aliphatic hydroxyl groups excluding tert-OH is 2. The summed E-state index contributed by atoms with van der Waals surface area (Å²) in [4.78, 5) is 50.7. The number of carbonyl (C=O) groups excluding carboxylic acids is 2. The van der Waals surface area contributed by atoms with Gasteiger partial charge in [0.15, 0.2) is 18.1 Å². The number of ether oxygens (including phenoxy) is 4. The van der Waals surface area contributed by atoms with Crippen molar-refractivity contribution in [2.45, 2.75) is 56.4 Å². The summed E-state index contributed by atoms with van der Waals surface area (Å²) < 4.78 is 23.3. The minimum absolute atomic E-state index is 0.0940. The van der Waals surface area contributed by atoms with Crippen LogP contribution in [0.15, 0.2) is 33.7 Å². The summed E-state index contributed by atoms with van der Waals surface area (Å²) in [5, 5.41) is 24.1. The minimum Gasteiger partial charge on any atom is -0.457 e. The molecular formula is C22H32N4O10S. The number of rotatable bonds is 11. The van der Waals surface area contributed by atoms with Gasteiger partial charge in [0.1, 0.15) is 24.4 Å². The monoisotopic (exact) mass is 544 g/mol. The largest absolute Gasteiger partial charge is 0.457 e. The molecule has 1 fully saturated rings. The van der Waals surface area contributed by atoms with Gasteiger partial charge in [-0.15, -0.1) is 0 Å². The van der Waals surface area contributed by atoms with Gasteiger partial charge in [-0.05, 0) is 24.5 Å². The number of hydrogen-bond acceptors (Lipinski definition) is 11. The number of aliphatic hydroxyl groups is 2. The fourth-order valence-corrected chi connectivity index (χ4v) is 4.50.